The fourth-order valence-corrected chi connectivity index (χ4v) is 4.40. The van der Waals surface area contributed by atoms with Crippen molar-refractivity contribution in [2.75, 3.05) is 18.4 Å². The minimum Gasteiger partial charge on any atom is -0.481 e. The van der Waals surface area contributed by atoms with Crippen LogP contribution in [0.2, 0.25) is 0 Å². The van der Waals surface area contributed by atoms with Crippen LogP contribution in [-0.2, 0) is 9.59 Å². The molecular formula is C27H22F3N5O7. The molecule has 0 bridgehead atoms. The van der Waals surface area contributed by atoms with E-state index in [4.69, 9.17) is 0 Å². The predicted octanol–water partition coefficient (Wildman–Crippen LogP) is 3.66. The predicted molar refractivity (Wildman–Crippen MR) is 140 cm³/mol. The second-order valence-electron chi connectivity index (χ2n) is 9.14. The van der Waals surface area contributed by atoms with Crippen LogP contribution >= 0.6 is 0 Å². The normalized spacial score (nSPS) is 15.2. The van der Waals surface area contributed by atoms with E-state index in [1.54, 1.807) is 0 Å². The first-order valence-corrected chi connectivity index (χ1v) is 12.3. The van der Waals surface area contributed by atoms with E-state index in [0.29, 0.717) is 6.07 Å². The number of benzene rings is 3. The van der Waals surface area contributed by atoms with Crippen LogP contribution in [0.3, 0.4) is 0 Å². The molecule has 4 amide bonds. The highest BCUT2D eigenvalue weighted by Gasteiger charge is 2.44. The maximum Gasteiger partial charge on any atom is 0.324 e. The molecule has 15 heteroatoms. The summed E-state index contributed by atoms with van der Waals surface area (Å²) in [4.78, 5) is 64.2. The molecule has 218 valence electrons. The van der Waals surface area contributed by atoms with Crippen LogP contribution in [0.4, 0.5) is 29.3 Å². The molecule has 3 aromatic rings. The Balaban J connectivity index is 1.67. The molecule has 1 aliphatic heterocycles. The summed E-state index contributed by atoms with van der Waals surface area (Å²) in [6.07, 6.45) is -2.42. The number of nitro groups is 1. The van der Waals surface area contributed by atoms with E-state index in [0.717, 1.165) is 40.1 Å². The van der Waals surface area contributed by atoms with Gasteiger partial charge in [-0.2, -0.15) is 0 Å². The fraction of sp³-hybridized carbons (Fsp3) is 0.185. The van der Waals surface area contributed by atoms with E-state index in [-0.39, 0.29) is 29.9 Å². The first-order chi connectivity index (χ1) is 19.9. The number of amides is 4. The SMILES string of the molecule is O=C(O)CC(NC(=O)C1N(C(=O)Nc2ccc(F)cc2F)CCN1C(=O)c1ccc(F)cc1)c1cccc([N+](=O)[O-])c1. The molecule has 4 rings (SSSR count). The summed E-state index contributed by atoms with van der Waals surface area (Å²) in [7, 11) is 0. The van der Waals surface area contributed by atoms with Gasteiger partial charge in [0.05, 0.1) is 23.1 Å². The third-order valence-electron chi connectivity index (χ3n) is 6.37. The second kappa shape index (κ2) is 12.4. The molecular weight excluding hydrogens is 563 g/mol. The Hall–Kier alpha value is -5.47. The van der Waals surface area contributed by atoms with Crippen molar-refractivity contribution < 1.29 is 42.4 Å². The van der Waals surface area contributed by atoms with E-state index in [1.807, 2.05) is 0 Å². The van der Waals surface area contributed by atoms with Gasteiger partial charge < -0.3 is 20.6 Å². The smallest absolute Gasteiger partial charge is 0.324 e. The van der Waals surface area contributed by atoms with Crippen molar-refractivity contribution in [1.29, 1.82) is 0 Å². The lowest BCUT2D eigenvalue weighted by Gasteiger charge is -2.31. The van der Waals surface area contributed by atoms with Crippen molar-refractivity contribution in [3.8, 4) is 0 Å². The average molecular weight is 585 g/mol. The molecule has 0 saturated carbocycles. The van der Waals surface area contributed by atoms with Crippen LogP contribution in [-0.4, -0.2) is 62.9 Å². The number of carboxylic acids is 1. The highest BCUT2D eigenvalue weighted by molar-refractivity contribution is 6.00. The van der Waals surface area contributed by atoms with Crippen LogP contribution in [0, 0.1) is 27.6 Å². The number of hydrogen-bond acceptors (Lipinski definition) is 6. The number of urea groups is 1. The van der Waals surface area contributed by atoms with E-state index in [9.17, 15) is 47.6 Å². The van der Waals surface area contributed by atoms with Crippen molar-refractivity contribution >= 4 is 35.2 Å². The van der Waals surface area contributed by atoms with Crippen LogP contribution in [0.15, 0.2) is 66.7 Å². The number of aliphatic carboxylic acids is 1. The molecule has 3 aromatic carbocycles. The van der Waals surface area contributed by atoms with Gasteiger partial charge in [0, 0.05) is 36.9 Å². The number of rotatable bonds is 8. The highest BCUT2D eigenvalue weighted by atomic mass is 19.1. The summed E-state index contributed by atoms with van der Waals surface area (Å²) in [6, 6.07) is 9.30. The first kappa shape index (κ1) is 29.5. The van der Waals surface area contributed by atoms with Crippen LogP contribution < -0.4 is 10.6 Å². The largest absolute Gasteiger partial charge is 0.481 e. The van der Waals surface area contributed by atoms with Gasteiger partial charge in [-0.05, 0) is 42.0 Å². The van der Waals surface area contributed by atoms with Gasteiger partial charge in [-0.3, -0.25) is 29.4 Å². The van der Waals surface area contributed by atoms with Gasteiger partial charge in [-0.15, -0.1) is 0 Å². The maximum absolute atomic E-state index is 14.2. The number of nitro benzene ring substituents is 1. The standard InChI is InChI=1S/C27H22F3N5O7/c28-17-6-4-15(5-7-17)26(39)33-10-11-34(27(40)32-21-9-8-18(29)13-20(21)30)25(33)24(38)31-22(14-23(36)37)16-2-1-3-19(12-16)35(41)42/h1-9,12-13,22,25H,10-11,14H2,(H,31,38)(H,32,40)(H,36,37). The number of nitrogens with zero attached hydrogens (tertiary/aromatic N) is 3. The molecule has 1 fully saturated rings. The second-order valence-corrected chi connectivity index (χ2v) is 9.14. The van der Waals surface area contributed by atoms with Gasteiger partial charge in [-0.25, -0.2) is 18.0 Å². The van der Waals surface area contributed by atoms with Gasteiger partial charge >= 0.3 is 12.0 Å². The number of carbonyl (C=O) groups is 4. The molecule has 1 aliphatic rings. The maximum atomic E-state index is 14.2. The zero-order valence-corrected chi connectivity index (χ0v) is 21.5. The Labute approximate surface area is 235 Å². The molecule has 12 nitrogen and oxygen atoms in total. The molecule has 1 heterocycles. The quantitative estimate of drug-likeness (QED) is 0.268. The van der Waals surface area contributed by atoms with Gasteiger partial charge in [0.2, 0.25) is 0 Å². The monoisotopic (exact) mass is 585 g/mol. The van der Waals surface area contributed by atoms with E-state index < -0.39 is 70.5 Å². The zero-order chi connectivity index (χ0) is 30.6. The first-order valence-electron chi connectivity index (χ1n) is 12.3. The van der Waals surface area contributed by atoms with Gasteiger partial charge in [0.15, 0.2) is 6.17 Å². The Morgan fingerprint density at radius 3 is 2.26 bits per heavy atom. The molecule has 2 atom stereocenters. The lowest BCUT2D eigenvalue weighted by atomic mass is 10.0. The lowest BCUT2D eigenvalue weighted by Crippen LogP contribution is -2.55. The molecule has 0 spiro atoms. The van der Waals surface area contributed by atoms with Gasteiger partial charge in [0.25, 0.3) is 17.5 Å². The highest BCUT2D eigenvalue weighted by Crippen LogP contribution is 2.26. The summed E-state index contributed by atoms with van der Waals surface area (Å²) >= 11 is 0. The average Bonchev–Trinajstić information content (AvgIpc) is 3.39. The molecule has 42 heavy (non-hydrogen) atoms. The topological polar surface area (TPSA) is 162 Å². The van der Waals surface area contributed by atoms with Crippen molar-refractivity contribution in [1.82, 2.24) is 15.1 Å². The summed E-state index contributed by atoms with van der Waals surface area (Å²) in [6.45, 7) is -0.436. The molecule has 0 aliphatic carbocycles. The lowest BCUT2D eigenvalue weighted by molar-refractivity contribution is -0.384. The fourth-order valence-electron chi connectivity index (χ4n) is 4.40. The summed E-state index contributed by atoms with van der Waals surface area (Å²) in [5, 5.41) is 25.4. The van der Waals surface area contributed by atoms with Gasteiger partial charge in [0.1, 0.15) is 17.5 Å². The van der Waals surface area contributed by atoms with Crippen molar-refractivity contribution in [2.24, 2.45) is 0 Å². The number of carboxylic acid groups (broad SMARTS) is 1. The van der Waals surface area contributed by atoms with Crippen molar-refractivity contribution in [3.05, 3.63) is 105 Å². The molecule has 3 N–H and O–H groups in total. The minimum absolute atomic E-state index is 0.0261. The Morgan fingerprint density at radius 2 is 1.62 bits per heavy atom. The van der Waals surface area contributed by atoms with E-state index >= 15 is 0 Å². The summed E-state index contributed by atoms with van der Waals surface area (Å²) in [5.74, 6) is -5.79. The number of anilines is 1. The molecule has 0 aromatic heterocycles. The Bertz CT molecular complexity index is 1550. The van der Waals surface area contributed by atoms with Crippen LogP contribution in [0.1, 0.15) is 28.4 Å². The number of halogens is 3. The summed E-state index contributed by atoms with van der Waals surface area (Å²) in [5.41, 5.74) is -0.738. The number of hydrogen-bond donors (Lipinski definition) is 3. The molecule has 0 radical (unpaired) electrons. The molecule has 2 unspecified atom stereocenters. The number of carbonyl (C=O) groups excluding carboxylic acids is 3. The van der Waals surface area contributed by atoms with Crippen molar-refractivity contribution in [2.45, 2.75) is 18.6 Å². The third-order valence-corrected chi connectivity index (χ3v) is 6.37. The zero-order valence-electron chi connectivity index (χ0n) is 21.5. The van der Waals surface area contributed by atoms with Crippen LogP contribution in [0.5, 0.6) is 0 Å². The Kier molecular flexibility index (Phi) is 8.69. The Morgan fingerprint density at radius 1 is 0.952 bits per heavy atom. The van der Waals surface area contributed by atoms with Gasteiger partial charge in [-0.1, -0.05) is 12.1 Å². The summed E-state index contributed by atoms with van der Waals surface area (Å²) < 4.78 is 41.0. The van der Waals surface area contributed by atoms with Crippen molar-refractivity contribution in [3.63, 3.8) is 0 Å². The minimum atomic E-state index is -1.71. The van der Waals surface area contributed by atoms with E-state index in [2.05, 4.69) is 10.6 Å². The van der Waals surface area contributed by atoms with Crippen LogP contribution in [0.25, 0.3) is 0 Å². The number of non-ortho nitro benzene ring substituents is 1. The third kappa shape index (κ3) is 6.63. The molecule has 1 saturated heterocycles. The number of nitrogens with one attached hydrogen (secondary N) is 2. The van der Waals surface area contributed by atoms with E-state index in [1.165, 1.54) is 30.3 Å².